The first-order valence-corrected chi connectivity index (χ1v) is 9.95. The van der Waals surface area contributed by atoms with Gasteiger partial charge in [-0.05, 0) is 49.9 Å². The van der Waals surface area contributed by atoms with Gasteiger partial charge < -0.3 is 5.11 Å². The third-order valence-corrected chi connectivity index (χ3v) is 8.37. The van der Waals surface area contributed by atoms with Crippen LogP contribution in [0.5, 0.6) is 5.75 Å². The lowest BCUT2D eigenvalue weighted by molar-refractivity contribution is 0.466. The number of phenols is 1. The van der Waals surface area contributed by atoms with E-state index in [0.29, 0.717) is 0 Å². The molecule has 1 aromatic carbocycles. The Bertz CT molecular complexity index is 564. The van der Waals surface area contributed by atoms with E-state index in [1.54, 1.807) is 0 Å². The van der Waals surface area contributed by atoms with Gasteiger partial charge in [0.2, 0.25) is 0 Å². The molecule has 0 atom stereocenters. The van der Waals surface area contributed by atoms with E-state index < -0.39 is 20.4 Å². The zero-order chi connectivity index (χ0) is 14.3. The SMILES string of the molecule is Cc1cc(S2(OS(C)(=O)=O)CCCC2)cc(C)c1O. The van der Waals surface area contributed by atoms with E-state index in [2.05, 4.69) is 0 Å². The lowest BCUT2D eigenvalue weighted by Crippen LogP contribution is -2.13. The first-order chi connectivity index (χ1) is 8.73. The molecule has 0 saturated carbocycles. The maximum absolute atomic E-state index is 11.6. The Morgan fingerprint density at radius 3 is 2.05 bits per heavy atom. The van der Waals surface area contributed by atoms with Crippen LogP contribution in [0.3, 0.4) is 0 Å². The molecule has 1 saturated heterocycles. The highest BCUT2D eigenvalue weighted by atomic mass is 32.3. The average Bonchev–Trinajstić information content (AvgIpc) is 2.72. The van der Waals surface area contributed by atoms with Crippen LogP contribution in [0.4, 0.5) is 0 Å². The van der Waals surface area contributed by atoms with Gasteiger partial charge in [-0.15, -0.1) is 0 Å². The standard InChI is InChI=1S/C13H20O4S2/c1-10-8-12(9-11(2)13(10)14)19(6-4-5-7-19)17-18(3,15)16/h8-9,14H,4-7H2,1-3H3. The molecule has 1 heterocycles. The third kappa shape index (κ3) is 3.07. The molecule has 1 N–H and O–H groups in total. The summed E-state index contributed by atoms with van der Waals surface area (Å²) in [6.07, 6.45) is 3.09. The summed E-state index contributed by atoms with van der Waals surface area (Å²) in [6, 6.07) is 3.74. The van der Waals surface area contributed by atoms with E-state index >= 15 is 0 Å². The normalized spacial score (nSPS) is 20.4. The van der Waals surface area contributed by atoms with Crippen molar-refractivity contribution in [1.82, 2.24) is 0 Å². The molecule has 2 rings (SSSR count). The van der Waals surface area contributed by atoms with Crippen LogP contribution < -0.4 is 0 Å². The summed E-state index contributed by atoms with van der Waals surface area (Å²) in [5.74, 6) is 1.84. The molecular formula is C13H20O4S2. The van der Waals surface area contributed by atoms with Gasteiger partial charge in [0.1, 0.15) is 5.75 Å². The second kappa shape index (κ2) is 5.00. The molecule has 6 heteroatoms. The van der Waals surface area contributed by atoms with Crippen LogP contribution >= 0.6 is 10.3 Å². The lowest BCUT2D eigenvalue weighted by atomic mass is 10.1. The van der Waals surface area contributed by atoms with Crippen molar-refractivity contribution in [3.8, 4) is 5.75 Å². The Morgan fingerprint density at radius 2 is 1.63 bits per heavy atom. The van der Waals surface area contributed by atoms with Gasteiger partial charge in [0.25, 0.3) is 10.1 Å². The molecule has 108 valence electrons. The van der Waals surface area contributed by atoms with Crippen molar-refractivity contribution < 1.29 is 17.2 Å². The van der Waals surface area contributed by atoms with Crippen molar-refractivity contribution in [3.05, 3.63) is 23.3 Å². The molecule has 1 aliphatic rings. The van der Waals surface area contributed by atoms with Gasteiger partial charge in [-0.25, -0.2) is 3.63 Å². The fourth-order valence-corrected chi connectivity index (χ4v) is 8.03. The van der Waals surface area contributed by atoms with Gasteiger partial charge in [0.05, 0.1) is 6.26 Å². The van der Waals surface area contributed by atoms with Crippen LogP contribution in [0.1, 0.15) is 24.0 Å². The van der Waals surface area contributed by atoms with Crippen molar-refractivity contribution in [1.29, 1.82) is 0 Å². The molecule has 0 radical (unpaired) electrons. The Labute approximate surface area is 116 Å². The summed E-state index contributed by atoms with van der Waals surface area (Å²) < 4.78 is 28.6. The van der Waals surface area contributed by atoms with Crippen LogP contribution in [0.15, 0.2) is 17.0 Å². The molecule has 0 amide bonds. The zero-order valence-electron chi connectivity index (χ0n) is 11.5. The number of hydrogen-bond donors (Lipinski definition) is 1. The smallest absolute Gasteiger partial charge is 0.273 e. The van der Waals surface area contributed by atoms with Crippen molar-refractivity contribution >= 4 is 20.4 Å². The number of benzene rings is 1. The summed E-state index contributed by atoms with van der Waals surface area (Å²) in [4.78, 5) is 0.934. The maximum atomic E-state index is 11.6. The fraction of sp³-hybridized carbons (Fsp3) is 0.538. The first-order valence-electron chi connectivity index (χ1n) is 6.23. The van der Waals surface area contributed by atoms with Gasteiger partial charge >= 0.3 is 0 Å². The molecule has 19 heavy (non-hydrogen) atoms. The van der Waals surface area contributed by atoms with Gasteiger partial charge in [0, 0.05) is 16.4 Å². The monoisotopic (exact) mass is 304 g/mol. The number of hydrogen-bond acceptors (Lipinski definition) is 4. The van der Waals surface area contributed by atoms with E-state index in [1.807, 2.05) is 26.0 Å². The summed E-state index contributed by atoms with van der Waals surface area (Å²) >= 11 is 0. The predicted molar refractivity (Wildman–Crippen MR) is 78.3 cm³/mol. The fourth-order valence-electron chi connectivity index (χ4n) is 2.48. The van der Waals surface area contributed by atoms with E-state index in [0.717, 1.165) is 46.6 Å². The van der Waals surface area contributed by atoms with Gasteiger partial charge in [0.15, 0.2) is 0 Å². The molecule has 0 unspecified atom stereocenters. The number of phenolic OH excluding ortho intramolecular Hbond substituents is 1. The second-order valence-corrected chi connectivity index (χ2v) is 9.97. The maximum Gasteiger partial charge on any atom is 0.273 e. The van der Waals surface area contributed by atoms with Crippen LogP contribution in [0.2, 0.25) is 0 Å². The minimum Gasteiger partial charge on any atom is -0.507 e. The predicted octanol–water partition coefficient (Wildman–Crippen LogP) is 2.86. The highest BCUT2D eigenvalue weighted by Gasteiger charge is 2.35. The molecule has 0 aromatic heterocycles. The van der Waals surface area contributed by atoms with Crippen molar-refractivity contribution in [3.63, 3.8) is 0 Å². The molecule has 0 spiro atoms. The summed E-state index contributed by atoms with van der Waals surface area (Å²) in [7, 11) is -5.23. The molecule has 1 aliphatic heterocycles. The van der Waals surface area contributed by atoms with E-state index in [-0.39, 0.29) is 5.75 Å². The Balaban J connectivity index is 2.51. The summed E-state index contributed by atoms with van der Waals surface area (Å²) in [5.41, 5.74) is 1.54. The van der Waals surface area contributed by atoms with Gasteiger partial charge in [-0.1, -0.05) is 10.3 Å². The largest absolute Gasteiger partial charge is 0.507 e. The topological polar surface area (TPSA) is 63.6 Å². The Hall–Kier alpha value is -0.720. The minimum atomic E-state index is -3.48. The second-order valence-electron chi connectivity index (χ2n) is 5.11. The van der Waals surface area contributed by atoms with Crippen molar-refractivity contribution in [2.45, 2.75) is 31.6 Å². The summed E-state index contributed by atoms with van der Waals surface area (Å²) in [5, 5.41) is 9.84. The zero-order valence-corrected chi connectivity index (χ0v) is 13.1. The molecular weight excluding hydrogens is 284 g/mol. The number of aryl methyl sites for hydroxylation is 2. The van der Waals surface area contributed by atoms with Crippen LogP contribution in [0, 0.1) is 13.8 Å². The minimum absolute atomic E-state index is 0.274. The van der Waals surface area contributed by atoms with Crippen molar-refractivity contribution in [2.75, 3.05) is 17.8 Å². The molecule has 0 bridgehead atoms. The van der Waals surface area contributed by atoms with E-state index in [4.69, 9.17) is 3.63 Å². The van der Waals surface area contributed by atoms with Gasteiger partial charge in [-0.2, -0.15) is 8.42 Å². The van der Waals surface area contributed by atoms with Crippen LogP contribution in [-0.4, -0.2) is 31.3 Å². The quantitative estimate of drug-likeness (QED) is 0.932. The Kier molecular flexibility index (Phi) is 3.86. The molecule has 1 fully saturated rings. The highest BCUT2D eigenvalue weighted by molar-refractivity contribution is 8.33. The van der Waals surface area contributed by atoms with Crippen LogP contribution in [0.25, 0.3) is 0 Å². The van der Waals surface area contributed by atoms with Crippen molar-refractivity contribution in [2.24, 2.45) is 0 Å². The Morgan fingerprint density at radius 1 is 1.16 bits per heavy atom. The molecule has 4 nitrogen and oxygen atoms in total. The third-order valence-electron chi connectivity index (χ3n) is 3.35. The van der Waals surface area contributed by atoms with Gasteiger partial charge in [-0.3, -0.25) is 0 Å². The lowest BCUT2D eigenvalue weighted by Gasteiger charge is -2.34. The van der Waals surface area contributed by atoms with E-state index in [9.17, 15) is 13.5 Å². The average molecular weight is 304 g/mol. The van der Waals surface area contributed by atoms with Crippen LogP contribution in [-0.2, 0) is 13.7 Å². The first kappa shape index (κ1) is 14.7. The van der Waals surface area contributed by atoms with E-state index in [1.165, 1.54) is 0 Å². The number of aromatic hydroxyl groups is 1. The molecule has 0 aliphatic carbocycles. The number of rotatable bonds is 3. The highest BCUT2D eigenvalue weighted by Crippen LogP contribution is 2.62. The molecule has 1 aromatic rings. The summed E-state index contributed by atoms with van der Waals surface area (Å²) in [6.45, 7) is 3.66.